The number of rotatable bonds is 6. The standard InChI is InChI=1S/C24H27ClN4O2S/c1-3-29-13-11-24(12-14-29)27-22(17-7-5-4-6-8-17)23(28-24)32-16-21(30)26-19-15-18(25)9-10-20(19)31-2/h4-10,15H,3,11-14,16H2,1-2H3,(H,26,30). The summed E-state index contributed by atoms with van der Waals surface area (Å²) in [4.78, 5) is 25.3. The highest BCUT2D eigenvalue weighted by atomic mass is 35.5. The predicted octanol–water partition coefficient (Wildman–Crippen LogP) is 4.73. The van der Waals surface area contributed by atoms with Gasteiger partial charge in [0, 0.05) is 36.5 Å². The van der Waals surface area contributed by atoms with Gasteiger partial charge in [0.2, 0.25) is 5.91 Å². The van der Waals surface area contributed by atoms with Crippen molar-refractivity contribution in [2.24, 2.45) is 9.98 Å². The highest BCUT2D eigenvalue weighted by Crippen LogP contribution is 2.35. The van der Waals surface area contributed by atoms with Crippen LogP contribution in [0.5, 0.6) is 5.75 Å². The highest BCUT2D eigenvalue weighted by Gasteiger charge is 2.39. The largest absolute Gasteiger partial charge is 0.495 e. The molecule has 0 aliphatic carbocycles. The SMILES string of the molecule is CCN1CCC2(CC1)N=C(SCC(=O)Nc1cc(Cl)ccc1OC)C(c1ccccc1)=N2. The number of hydrogen-bond acceptors (Lipinski definition) is 6. The number of nitrogens with one attached hydrogen (secondary N) is 1. The summed E-state index contributed by atoms with van der Waals surface area (Å²) in [6.45, 7) is 5.20. The number of thioether (sulfide) groups is 1. The zero-order valence-corrected chi connectivity index (χ0v) is 19.9. The number of ether oxygens (including phenoxy) is 1. The Bertz CT molecular complexity index is 1030. The summed E-state index contributed by atoms with van der Waals surface area (Å²) in [5.74, 6) is 0.643. The van der Waals surface area contributed by atoms with Crippen LogP contribution >= 0.6 is 23.4 Å². The molecule has 1 amide bonds. The quantitative estimate of drug-likeness (QED) is 0.662. The van der Waals surface area contributed by atoms with Gasteiger partial charge in [-0.3, -0.25) is 9.79 Å². The molecule has 4 rings (SSSR count). The van der Waals surface area contributed by atoms with E-state index >= 15 is 0 Å². The topological polar surface area (TPSA) is 66.3 Å². The van der Waals surface area contributed by atoms with Gasteiger partial charge in [0.05, 0.1) is 24.3 Å². The van der Waals surface area contributed by atoms with Crippen molar-refractivity contribution in [3.63, 3.8) is 0 Å². The lowest BCUT2D eigenvalue weighted by atomic mass is 9.98. The van der Waals surface area contributed by atoms with Crippen LogP contribution in [0.15, 0.2) is 58.5 Å². The third-order valence-electron chi connectivity index (χ3n) is 5.76. The Labute approximate surface area is 198 Å². The lowest BCUT2D eigenvalue weighted by Crippen LogP contribution is -2.41. The number of amides is 1. The number of carbonyl (C=O) groups is 1. The number of halogens is 1. The van der Waals surface area contributed by atoms with Gasteiger partial charge in [0.15, 0.2) is 5.66 Å². The molecule has 168 valence electrons. The van der Waals surface area contributed by atoms with Crippen molar-refractivity contribution < 1.29 is 9.53 Å². The minimum Gasteiger partial charge on any atom is -0.495 e. The average Bonchev–Trinajstić information content (AvgIpc) is 3.17. The summed E-state index contributed by atoms with van der Waals surface area (Å²) in [6, 6.07) is 15.2. The summed E-state index contributed by atoms with van der Waals surface area (Å²) in [7, 11) is 1.56. The number of methoxy groups -OCH3 is 1. The molecule has 2 aromatic carbocycles. The summed E-state index contributed by atoms with van der Waals surface area (Å²) in [6.07, 6.45) is 1.79. The number of benzene rings is 2. The first kappa shape index (κ1) is 22.8. The fourth-order valence-electron chi connectivity index (χ4n) is 3.96. The zero-order valence-electron chi connectivity index (χ0n) is 18.3. The van der Waals surface area contributed by atoms with Crippen LogP contribution in [0, 0.1) is 0 Å². The molecule has 6 nitrogen and oxygen atoms in total. The monoisotopic (exact) mass is 470 g/mol. The molecule has 1 spiro atoms. The molecule has 1 fully saturated rings. The van der Waals surface area contributed by atoms with Crippen LogP contribution in [0.2, 0.25) is 5.02 Å². The Balaban J connectivity index is 1.50. The normalized spacial score (nSPS) is 17.7. The minimum atomic E-state index is -0.411. The summed E-state index contributed by atoms with van der Waals surface area (Å²) >= 11 is 7.50. The van der Waals surface area contributed by atoms with E-state index in [1.54, 1.807) is 25.3 Å². The van der Waals surface area contributed by atoms with Gasteiger partial charge < -0.3 is 15.0 Å². The van der Waals surface area contributed by atoms with Crippen molar-refractivity contribution in [2.75, 3.05) is 37.8 Å². The van der Waals surface area contributed by atoms with Crippen LogP contribution in [0.1, 0.15) is 25.3 Å². The van der Waals surface area contributed by atoms with E-state index in [0.29, 0.717) is 16.5 Å². The van der Waals surface area contributed by atoms with Crippen LogP contribution < -0.4 is 10.1 Å². The molecule has 0 aromatic heterocycles. The number of anilines is 1. The van der Waals surface area contributed by atoms with E-state index in [0.717, 1.165) is 48.8 Å². The second-order valence-corrected chi connectivity index (χ2v) is 9.24. The molecule has 1 saturated heterocycles. The average molecular weight is 471 g/mol. The third kappa shape index (κ3) is 5.17. The van der Waals surface area contributed by atoms with E-state index in [1.807, 2.05) is 30.3 Å². The Hall–Kier alpha value is -2.35. The third-order valence-corrected chi connectivity index (χ3v) is 6.96. The maximum atomic E-state index is 12.7. The Kier molecular flexibility index (Phi) is 7.18. The lowest BCUT2D eigenvalue weighted by molar-refractivity contribution is -0.113. The van der Waals surface area contributed by atoms with Crippen molar-refractivity contribution in [2.45, 2.75) is 25.4 Å². The lowest BCUT2D eigenvalue weighted by Gasteiger charge is -2.34. The number of piperidine rings is 1. The van der Waals surface area contributed by atoms with Gasteiger partial charge in [-0.05, 0) is 24.7 Å². The molecule has 0 radical (unpaired) electrons. The van der Waals surface area contributed by atoms with Crippen molar-refractivity contribution >= 4 is 45.7 Å². The van der Waals surface area contributed by atoms with E-state index in [4.69, 9.17) is 26.3 Å². The molecule has 1 N–H and O–H groups in total. The second kappa shape index (κ2) is 10.1. The van der Waals surface area contributed by atoms with Crippen LogP contribution in [0.25, 0.3) is 0 Å². The van der Waals surface area contributed by atoms with Gasteiger partial charge in [-0.15, -0.1) is 0 Å². The number of nitrogens with zero attached hydrogens (tertiary/aromatic N) is 3. The maximum absolute atomic E-state index is 12.7. The Morgan fingerprint density at radius 3 is 2.62 bits per heavy atom. The van der Waals surface area contributed by atoms with Gasteiger partial charge in [-0.2, -0.15) is 0 Å². The number of hydrogen-bond donors (Lipinski definition) is 1. The number of carbonyl (C=O) groups excluding carboxylic acids is 1. The smallest absolute Gasteiger partial charge is 0.234 e. The minimum absolute atomic E-state index is 0.146. The Morgan fingerprint density at radius 2 is 1.94 bits per heavy atom. The molecule has 2 aliphatic rings. The van der Waals surface area contributed by atoms with E-state index in [2.05, 4.69) is 17.1 Å². The van der Waals surface area contributed by atoms with Crippen molar-refractivity contribution in [1.29, 1.82) is 0 Å². The van der Waals surface area contributed by atoms with Crippen LogP contribution in [-0.4, -0.2) is 59.7 Å². The molecule has 0 atom stereocenters. The molecule has 2 aliphatic heterocycles. The number of likely N-dealkylation sites (tertiary alicyclic amines) is 1. The van der Waals surface area contributed by atoms with Crippen LogP contribution in [-0.2, 0) is 4.79 Å². The zero-order chi connectivity index (χ0) is 22.6. The van der Waals surface area contributed by atoms with Gasteiger partial charge >= 0.3 is 0 Å². The first-order chi connectivity index (χ1) is 15.5. The van der Waals surface area contributed by atoms with E-state index in [1.165, 1.54) is 11.8 Å². The Morgan fingerprint density at radius 1 is 1.19 bits per heavy atom. The van der Waals surface area contributed by atoms with E-state index < -0.39 is 5.66 Å². The molecule has 2 aromatic rings. The van der Waals surface area contributed by atoms with Gasteiger partial charge in [0.1, 0.15) is 10.8 Å². The van der Waals surface area contributed by atoms with Gasteiger partial charge in [-0.25, -0.2) is 4.99 Å². The molecule has 32 heavy (non-hydrogen) atoms. The van der Waals surface area contributed by atoms with Crippen molar-refractivity contribution in [1.82, 2.24) is 4.90 Å². The molecule has 8 heteroatoms. The molecule has 2 heterocycles. The summed E-state index contributed by atoms with van der Waals surface area (Å²) in [5, 5.41) is 4.26. The fraction of sp³-hybridized carbons (Fsp3) is 0.375. The van der Waals surface area contributed by atoms with Crippen LogP contribution in [0.4, 0.5) is 5.69 Å². The second-order valence-electron chi connectivity index (χ2n) is 7.84. The molecule has 0 saturated carbocycles. The molecular formula is C24H27ClN4O2S. The maximum Gasteiger partial charge on any atom is 0.234 e. The van der Waals surface area contributed by atoms with Crippen molar-refractivity contribution in [3.05, 3.63) is 59.1 Å². The molecular weight excluding hydrogens is 444 g/mol. The summed E-state index contributed by atoms with van der Waals surface area (Å²) in [5.41, 5.74) is 2.06. The van der Waals surface area contributed by atoms with Gasteiger partial charge in [0.25, 0.3) is 0 Å². The molecule has 0 bridgehead atoms. The number of aliphatic imine (C=N–C) groups is 2. The molecule has 0 unspecified atom stereocenters. The highest BCUT2D eigenvalue weighted by molar-refractivity contribution is 8.16. The van der Waals surface area contributed by atoms with Crippen molar-refractivity contribution in [3.8, 4) is 5.75 Å². The van der Waals surface area contributed by atoms with E-state index in [-0.39, 0.29) is 11.7 Å². The van der Waals surface area contributed by atoms with E-state index in [9.17, 15) is 4.79 Å². The van der Waals surface area contributed by atoms with Gasteiger partial charge in [-0.1, -0.05) is 60.6 Å². The fourth-order valence-corrected chi connectivity index (χ4v) is 5.00. The first-order valence-electron chi connectivity index (χ1n) is 10.8. The summed E-state index contributed by atoms with van der Waals surface area (Å²) < 4.78 is 5.32. The predicted molar refractivity (Wildman–Crippen MR) is 134 cm³/mol. The van der Waals surface area contributed by atoms with Crippen LogP contribution in [0.3, 0.4) is 0 Å². The first-order valence-corrected chi connectivity index (χ1v) is 12.1.